The Balaban J connectivity index is 3.57. The van der Waals surface area contributed by atoms with Crippen LogP contribution in [0, 0.1) is 5.92 Å². The molecule has 0 aliphatic rings. The number of rotatable bonds is 28. The lowest BCUT2D eigenvalue weighted by atomic mass is 9.91. The molecule has 0 saturated carbocycles. The van der Waals surface area contributed by atoms with Crippen molar-refractivity contribution >= 4 is 5.97 Å². The van der Waals surface area contributed by atoms with E-state index in [1.807, 2.05) is 0 Å². The fourth-order valence-electron chi connectivity index (χ4n) is 4.97. The molecule has 3 nitrogen and oxygen atoms in total. The van der Waals surface area contributed by atoms with E-state index in [1.165, 1.54) is 141 Å². The first kappa shape index (κ1) is 34.2. The maximum absolute atomic E-state index is 10.5. The summed E-state index contributed by atoms with van der Waals surface area (Å²) in [5.74, 6) is 0.286. The topological polar surface area (TPSA) is 40.5 Å². The van der Waals surface area contributed by atoms with Crippen LogP contribution in [0.15, 0.2) is 12.2 Å². The van der Waals surface area contributed by atoms with Crippen molar-refractivity contribution in [1.82, 2.24) is 4.90 Å². The molecule has 1 N–H and O–H groups in total. The van der Waals surface area contributed by atoms with Crippen molar-refractivity contribution in [3.63, 3.8) is 0 Å². The first-order valence-corrected chi connectivity index (χ1v) is 15.6. The van der Waals surface area contributed by atoms with E-state index in [4.69, 9.17) is 5.11 Å². The summed E-state index contributed by atoms with van der Waals surface area (Å²) in [4.78, 5) is 12.8. The molecule has 0 heterocycles. The second kappa shape index (κ2) is 27.8. The highest BCUT2D eigenvalue weighted by atomic mass is 16.4. The number of aliphatic carboxylic acids is 1. The lowest BCUT2D eigenvalue weighted by Crippen LogP contribution is -2.17. The highest BCUT2D eigenvalue weighted by Gasteiger charge is 2.09. The third-order valence-corrected chi connectivity index (χ3v) is 7.36. The Morgan fingerprint density at radius 3 is 1.51 bits per heavy atom. The SMILES string of the molecule is CCCCCCCCCC(CCCCCCCC/C=C\CCCCCCCC(=O)O)CCN(C)C. The van der Waals surface area contributed by atoms with Gasteiger partial charge in [-0.2, -0.15) is 0 Å². The number of hydrogen-bond acceptors (Lipinski definition) is 2. The molecule has 35 heavy (non-hydrogen) atoms. The van der Waals surface area contributed by atoms with Crippen LogP contribution in [-0.2, 0) is 4.79 Å². The van der Waals surface area contributed by atoms with E-state index in [0.29, 0.717) is 6.42 Å². The fourth-order valence-corrected chi connectivity index (χ4v) is 4.97. The van der Waals surface area contributed by atoms with Gasteiger partial charge in [-0.25, -0.2) is 0 Å². The van der Waals surface area contributed by atoms with Gasteiger partial charge in [-0.05, 0) is 65.1 Å². The first-order chi connectivity index (χ1) is 17.1. The van der Waals surface area contributed by atoms with Gasteiger partial charge in [0.25, 0.3) is 0 Å². The maximum atomic E-state index is 10.5. The summed E-state index contributed by atoms with van der Waals surface area (Å²) in [6.07, 6.45) is 35.8. The highest BCUT2D eigenvalue weighted by Crippen LogP contribution is 2.22. The smallest absolute Gasteiger partial charge is 0.303 e. The zero-order valence-electron chi connectivity index (χ0n) is 24.2. The Morgan fingerprint density at radius 2 is 1.06 bits per heavy atom. The molecule has 0 radical (unpaired) electrons. The third-order valence-electron chi connectivity index (χ3n) is 7.36. The van der Waals surface area contributed by atoms with Crippen molar-refractivity contribution in [3.8, 4) is 0 Å². The van der Waals surface area contributed by atoms with E-state index in [1.54, 1.807) is 0 Å². The first-order valence-electron chi connectivity index (χ1n) is 15.6. The van der Waals surface area contributed by atoms with Gasteiger partial charge in [0, 0.05) is 6.42 Å². The van der Waals surface area contributed by atoms with Gasteiger partial charge in [-0.3, -0.25) is 4.79 Å². The van der Waals surface area contributed by atoms with Crippen molar-refractivity contribution in [2.45, 2.75) is 161 Å². The quantitative estimate of drug-likeness (QED) is 0.0870. The second-order valence-corrected chi connectivity index (χ2v) is 11.2. The van der Waals surface area contributed by atoms with Crippen molar-refractivity contribution < 1.29 is 9.90 Å². The van der Waals surface area contributed by atoms with Crippen LogP contribution in [0.25, 0.3) is 0 Å². The number of unbranched alkanes of at least 4 members (excludes halogenated alkanes) is 17. The minimum absolute atomic E-state index is 0.330. The van der Waals surface area contributed by atoms with Gasteiger partial charge < -0.3 is 10.0 Å². The van der Waals surface area contributed by atoms with Crippen LogP contribution in [0.2, 0.25) is 0 Å². The van der Waals surface area contributed by atoms with Crippen LogP contribution in [0.5, 0.6) is 0 Å². The van der Waals surface area contributed by atoms with Gasteiger partial charge in [0.2, 0.25) is 0 Å². The molecule has 208 valence electrons. The van der Waals surface area contributed by atoms with E-state index in [2.05, 4.69) is 38.1 Å². The number of carboxylic acid groups (broad SMARTS) is 1. The zero-order chi connectivity index (χ0) is 25.8. The van der Waals surface area contributed by atoms with Crippen LogP contribution < -0.4 is 0 Å². The molecule has 0 rings (SSSR count). The molecule has 0 saturated heterocycles. The summed E-state index contributed by atoms with van der Waals surface area (Å²) >= 11 is 0. The lowest BCUT2D eigenvalue weighted by molar-refractivity contribution is -0.137. The lowest BCUT2D eigenvalue weighted by Gasteiger charge is -2.19. The summed E-state index contributed by atoms with van der Waals surface area (Å²) in [5, 5.41) is 8.63. The number of carboxylic acids is 1. The molecule has 1 unspecified atom stereocenters. The summed E-state index contributed by atoms with van der Waals surface area (Å²) in [7, 11) is 4.43. The molecule has 0 fully saturated rings. The molecule has 0 aromatic rings. The van der Waals surface area contributed by atoms with Crippen molar-refractivity contribution in [3.05, 3.63) is 12.2 Å². The molecule has 0 spiro atoms. The number of allylic oxidation sites excluding steroid dienone is 2. The molecule has 0 aliphatic carbocycles. The van der Waals surface area contributed by atoms with E-state index in [0.717, 1.165) is 18.8 Å². The molecular weight excluding hydrogens is 430 g/mol. The Hall–Kier alpha value is -0.830. The minimum atomic E-state index is -0.661. The predicted octanol–water partition coefficient (Wildman–Crippen LogP) is 10.2. The second-order valence-electron chi connectivity index (χ2n) is 11.2. The van der Waals surface area contributed by atoms with Gasteiger partial charge in [0.05, 0.1) is 0 Å². The molecule has 0 aromatic carbocycles. The summed E-state index contributed by atoms with van der Waals surface area (Å²) in [5.41, 5.74) is 0. The molecule has 0 amide bonds. The van der Waals surface area contributed by atoms with Crippen LogP contribution in [0.4, 0.5) is 0 Å². The highest BCUT2D eigenvalue weighted by molar-refractivity contribution is 5.66. The molecule has 3 heteroatoms. The van der Waals surface area contributed by atoms with Crippen molar-refractivity contribution in [1.29, 1.82) is 0 Å². The molecule has 0 aliphatic heterocycles. The number of carbonyl (C=O) groups is 1. The molecular formula is C32H63NO2. The maximum Gasteiger partial charge on any atom is 0.303 e. The van der Waals surface area contributed by atoms with E-state index in [9.17, 15) is 4.79 Å². The van der Waals surface area contributed by atoms with E-state index >= 15 is 0 Å². The average Bonchev–Trinajstić information content (AvgIpc) is 2.82. The number of hydrogen-bond donors (Lipinski definition) is 1. The summed E-state index contributed by atoms with van der Waals surface area (Å²) < 4.78 is 0. The standard InChI is InChI=1S/C32H63NO2/c1-4-5-6-7-17-20-23-26-31(29-30-33(2)3)27-24-21-18-15-13-11-9-8-10-12-14-16-19-22-25-28-32(34)35/h8,10,31H,4-7,9,11-30H2,1-3H3,(H,34,35)/b10-8-. The van der Waals surface area contributed by atoms with E-state index < -0.39 is 5.97 Å². The Labute approximate surface area is 220 Å². The van der Waals surface area contributed by atoms with Gasteiger partial charge in [-0.15, -0.1) is 0 Å². The van der Waals surface area contributed by atoms with Crippen LogP contribution in [-0.4, -0.2) is 36.6 Å². The normalized spacial score (nSPS) is 12.7. The Bertz CT molecular complexity index is 460. The Kier molecular flexibility index (Phi) is 27.1. The van der Waals surface area contributed by atoms with Crippen molar-refractivity contribution in [2.75, 3.05) is 20.6 Å². The third kappa shape index (κ3) is 29.3. The van der Waals surface area contributed by atoms with Crippen LogP contribution in [0.1, 0.15) is 161 Å². The molecule has 0 aromatic heterocycles. The Morgan fingerprint density at radius 1 is 0.629 bits per heavy atom. The minimum Gasteiger partial charge on any atom is -0.481 e. The van der Waals surface area contributed by atoms with Gasteiger partial charge in [0.15, 0.2) is 0 Å². The number of nitrogens with zero attached hydrogens (tertiary/aromatic N) is 1. The summed E-state index contributed by atoms with van der Waals surface area (Å²) in [6, 6.07) is 0. The fraction of sp³-hybridized carbons (Fsp3) is 0.906. The molecule has 0 bridgehead atoms. The monoisotopic (exact) mass is 493 g/mol. The average molecular weight is 494 g/mol. The van der Waals surface area contributed by atoms with Gasteiger partial charge in [-0.1, -0.05) is 128 Å². The van der Waals surface area contributed by atoms with E-state index in [-0.39, 0.29) is 0 Å². The molecule has 1 atom stereocenters. The zero-order valence-corrected chi connectivity index (χ0v) is 24.2. The van der Waals surface area contributed by atoms with Crippen LogP contribution >= 0.6 is 0 Å². The van der Waals surface area contributed by atoms with Gasteiger partial charge in [0.1, 0.15) is 0 Å². The predicted molar refractivity (Wildman–Crippen MR) is 155 cm³/mol. The largest absolute Gasteiger partial charge is 0.481 e. The summed E-state index contributed by atoms with van der Waals surface area (Å²) in [6.45, 7) is 3.55. The van der Waals surface area contributed by atoms with Crippen molar-refractivity contribution in [2.24, 2.45) is 5.92 Å². The van der Waals surface area contributed by atoms with Gasteiger partial charge >= 0.3 is 5.97 Å². The van der Waals surface area contributed by atoms with Crippen LogP contribution in [0.3, 0.4) is 0 Å².